The van der Waals surface area contributed by atoms with Gasteiger partial charge in [-0.05, 0) is 55.4 Å². The van der Waals surface area contributed by atoms with Crippen molar-refractivity contribution in [2.45, 2.75) is 18.1 Å². The van der Waals surface area contributed by atoms with Gasteiger partial charge in [-0.1, -0.05) is 97.1 Å². The Morgan fingerprint density at radius 2 is 1.32 bits per heavy atom. The largest absolute Gasteiger partial charge is 0.449 e. The van der Waals surface area contributed by atoms with Crippen LogP contribution in [0.1, 0.15) is 28.7 Å². The molecule has 1 aliphatic carbocycles. The molecular weight excluding hydrogens is 462 g/mol. The van der Waals surface area contributed by atoms with Crippen LogP contribution in [0.3, 0.4) is 0 Å². The van der Waals surface area contributed by atoms with Gasteiger partial charge in [0.1, 0.15) is 18.8 Å². The Kier molecular flexibility index (Phi) is 6.08. The molecule has 0 saturated heterocycles. The number of carbonyl (C=O) groups is 1. The first-order valence-corrected chi connectivity index (χ1v) is 12.5. The summed E-state index contributed by atoms with van der Waals surface area (Å²) in [5.41, 5.74) is 5.21. The third kappa shape index (κ3) is 4.22. The molecule has 5 nitrogen and oxygen atoms in total. The number of fused-ring (bicyclic) bond motifs is 6. The number of hydrogen-bond acceptors (Lipinski definition) is 4. The topological polar surface area (TPSA) is 78.8 Å². The fraction of sp³-hybridized carbons (Fsp3) is 0.156. The number of hydrogen-bond donors (Lipinski definition) is 3. The van der Waals surface area contributed by atoms with Gasteiger partial charge in [0, 0.05) is 12.5 Å². The molecule has 5 aromatic carbocycles. The van der Waals surface area contributed by atoms with Gasteiger partial charge >= 0.3 is 6.09 Å². The lowest BCUT2D eigenvalue weighted by Gasteiger charge is -2.21. The van der Waals surface area contributed by atoms with Gasteiger partial charge in [-0.2, -0.15) is 0 Å². The standard InChI is InChI=1S/C32H27NO4/c34-30(31(35)28-17-20-9-1-2-10-21(20)22-11-3-6-14-25(22)28)18-33-32(36)37-19-29-26-15-7-4-12-23(26)24-13-5-8-16-27(24)29/h1-17,29-31,34-35H,18-19H2,(H,33,36). The van der Waals surface area contributed by atoms with E-state index in [1.54, 1.807) is 0 Å². The van der Waals surface area contributed by atoms with Crippen molar-refractivity contribution < 1.29 is 19.7 Å². The molecule has 0 aliphatic heterocycles. The van der Waals surface area contributed by atoms with Gasteiger partial charge in [0.05, 0.1) is 0 Å². The quantitative estimate of drug-likeness (QED) is 0.259. The monoisotopic (exact) mass is 489 g/mol. The average molecular weight is 490 g/mol. The van der Waals surface area contributed by atoms with Crippen LogP contribution in [0.15, 0.2) is 103 Å². The summed E-state index contributed by atoms with van der Waals surface area (Å²) in [6.07, 6.45) is -3.01. The summed E-state index contributed by atoms with van der Waals surface area (Å²) in [4.78, 5) is 12.5. The van der Waals surface area contributed by atoms with Crippen LogP contribution in [-0.2, 0) is 4.74 Å². The molecule has 0 heterocycles. The molecule has 5 aromatic rings. The van der Waals surface area contributed by atoms with Gasteiger partial charge in [-0.25, -0.2) is 4.79 Å². The number of amides is 1. The molecule has 37 heavy (non-hydrogen) atoms. The Morgan fingerprint density at radius 3 is 2.03 bits per heavy atom. The highest BCUT2D eigenvalue weighted by Gasteiger charge is 2.29. The number of nitrogens with one attached hydrogen (secondary N) is 1. The highest BCUT2D eigenvalue weighted by atomic mass is 16.5. The molecule has 184 valence electrons. The zero-order chi connectivity index (χ0) is 25.4. The number of ether oxygens (including phenoxy) is 1. The fourth-order valence-electron chi connectivity index (χ4n) is 5.48. The van der Waals surface area contributed by atoms with Crippen molar-refractivity contribution in [3.05, 3.63) is 120 Å². The number of carbonyl (C=O) groups excluding carboxylic acids is 1. The van der Waals surface area contributed by atoms with E-state index < -0.39 is 18.3 Å². The second-order valence-corrected chi connectivity index (χ2v) is 9.45. The molecule has 0 bridgehead atoms. The van der Waals surface area contributed by atoms with Crippen molar-refractivity contribution in [3.63, 3.8) is 0 Å². The predicted octanol–water partition coefficient (Wildman–Crippen LogP) is 5.93. The molecular formula is C32H27NO4. The first-order valence-electron chi connectivity index (χ1n) is 12.5. The smallest absolute Gasteiger partial charge is 0.407 e. The van der Waals surface area contributed by atoms with Crippen molar-refractivity contribution in [2.24, 2.45) is 0 Å². The molecule has 1 amide bonds. The van der Waals surface area contributed by atoms with E-state index in [1.165, 1.54) is 0 Å². The van der Waals surface area contributed by atoms with Crippen LogP contribution in [0.2, 0.25) is 0 Å². The van der Waals surface area contributed by atoms with E-state index in [0.717, 1.165) is 43.8 Å². The molecule has 0 radical (unpaired) electrons. The molecule has 0 saturated carbocycles. The molecule has 0 spiro atoms. The van der Waals surface area contributed by atoms with Crippen LogP contribution in [0, 0.1) is 0 Å². The van der Waals surface area contributed by atoms with Gasteiger partial charge < -0.3 is 20.3 Å². The van der Waals surface area contributed by atoms with Crippen LogP contribution in [-0.4, -0.2) is 35.6 Å². The summed E-state index contributed by atoms with van der Waals surface area (Å²) in [5, 5.41) is 28.4. The van der Waals surface area contributed by atoms with E-state index in [1.807, 2.05) is 78.9 Å². The lowest BCUT2D eigenvalue weighted by Crippen LogP contribution is -2.36. The highest BCUT2D eigenvalue weighted by molar-refractivity contribution is 6.09. The van der Waals surface area contributed by atoms with E-state index in [9.17, 15) is 15.0 Å². The minimum atomic E-state index is -1.20. The summed E-state index contributed by atoms with van der Waals surface area (Å²) in [6, 6.07) is 34.0. The van der Waals surface area contributed by atoms with Gasteiger partial charge in [0.25, 0.3) is 0 Å². The maximum Gasteiger partial charge on any atom is 0.407 e. The minimum Gasteiger partial charge on any atom is -0.449 e. The first-order chi connectivity index (χ1) is 18.1. The lowest BCUT2D eigenvalue weighted by atomic mass is 9.92. The number of aliphatic hydroxyl groups is 2. The average Bonchev–Trinajstić information content (AvgIpc) is 3.27. The lowest BCUT2D eigenvalue weighted by molar-refractivity contribution is 0.0194. The van der Waals surface area contributed by atoms with E-state index >= 15 is 0 Å². The molecule has 6 rings (SSSR count). The number of alkyl carbamates (subject to hydrolysis) is 1. The third-order valence-electron chi connectivity index (χ3n) is 7.28. The van der Waals surface area contributed by atoms with Crippen LogP contribution in [0.4, 0.5) is 4.79 Å². The van der Waals surface area contributed by atoms with Crippen LogP contribution in [0.25, 0.3) is 32.7 Å². The number of benzene rings is 5. The predicted molar refractivity (Wildman–Crippen MR) is 145 cm³/mol. The van der Waals surface area contributed by atoms with Crippen LogP contribution >= 0.6 is 0 Å². The minimum absolute atomic E-state index is 0.0439. The Balaban J connectivity index is 1.13. The summed E-state index contributed by atoms with van der Waals surface area (Å²) in [7, 11) is 0. The van der Waals surface area contributed by atoms with Gasteiger partial charge in [0.2, 0.25) is 0 Å². The summed E-state index contributed by atoms with van der Waals surface area (Å²) >= 11 is 0. The Labute approximate surface area is 215 Å². The first kappa shape index (κ1) is 23.2. The molecule has 5 heteroatoms. The zero-order valence-corrected chi connectivity index (χ0v) is 20.2. The third-order valence-corrected chi connectivity index (χ3v) is 7.28. The summed E-state index contributed by atoms with van der Waals surface area (Å²) in [6.45, 7) is 0.0484. The van der Waals surface area contributed by atoms with Gasteiger partial charge in [-0.15, -0.1) is 0 Å². The van der Waals surface area contributed by atoms with Crippen molar-refractivity contribution in [1.29, 1.82) is 0 Å². The zero-order valence-electron chi connectivity index (χ0n) is 20.2. The molecule has 3 N–H and O–H groups in total. The van der Waals surface area contributed by atoms with Crippen molar-refractivity contribution in [2.75, 3.05) is 13.2 Å². The maximum absolute atomic E-state index is 12.5. The van der Waals surface area contributed by atoms with Crippen molar-refractivity contribution in [3.8, 4) is 11.1 Å². The van der Waals surface area contributed by atoms with Crippen LogP contribution < -0.4 is 5.32 Å². The van der Waals surface area contributed by atoms with Crippen molar-refractivity contribution in [1.82, 2.24) is 5.32 Å². The Bertz CT molecular complexity index is 1570. The van der Waals surface area contributed by atoms with E-state index in [4.69, 9.17) is 4.74 Å². The summed E-state index contributed by atoms with van der Waals surface area (Å²) in [5.74, 6) is -0.0439. The molecule has 1 aliphatic rings. The molecule has 0 aromatic heterocycles. The molecule has 2 atom stereocenters. The van der Waals surface area contributed by atoms with Crippen molar-refractivity contribution >= 4 is 27.6 Å². The highest BCUT2D eigenvalue weighted by Crippen LogP contribution is 2.44. The fourth-order valence-corrected chi connectivity index (χ4v) is 5.48. The normalized spacial score (nSPS) is 14.2. The summed E-state index contributed by atoms with van der Waals surface area (Å²) < 4.78 is 5.56. The molecule has 2 unspecified atom stereocenters. The van der Waals surface area contributed by atoms with Gasteiger partial charge in [0.15, 0.2) is 0 Å². The van der Waals surface area contributed by atoms with E-state index in [2.05, 4.69) is 29.6 Å². The number of rotatable bonds is 6. The Hall–Kier alpha value is -4.19. The van der Waals surface area contributed by atoms with E-state index in [-0.39, 0.29) is 19.1 Å². The van der Waals surface area contributed by atoms with Crippen LogP contribution in [0.5, 0.6) is 0 Å². The second-order valence-electron chi connectivity index (χ2n) is 9.45. The second kappa shape index (κ2) is 9.69. The van der Waals surface area contributed by atoms with E-state index in [0.29, 0.717) is 5.56 Å². The van der Waals surface area contributed by atoms with Gasteiger partial charge in [-0.3, -0.25) is 0 Å². The maximum atomic E-state index is 12.5. The Morgan fingerprint density at radius 1 is 0.757 bits per heavy atom. The molecule has 0 fully saturated rings. The SMILES string of the molecule is O=C(NCC(O)C(O)c1cc2ccccc2c2ccccc12)OCC1c2ccccc2-c2ccccc21. The number of aliphatic hydroxyl groups excluding tert-OH is 2.